The van der Waals surface area contributed by atoms with Crippen LogP contribution in [0.5, 0.6) is 0 Å². The molecule has 3 heteroatoms. The van der Waals surface area contributed by atoms with Crippen molar-refractivity contribution in [2.75, 3.05) is 5.75 Å². The lowest BCUT2D eigenvalue weighted by atomic mass is 10.2. The minimum absolute atomic E-state index is 0.234. The number of carbonyl (C=O) groups excluding carboxylic acids is 1. The van der Waals surface area contributed by atoms with Crippen molar-refractivity contribution in [1.82, 2.24) is 0 Å². The minimum Gasteiger partial charge on any atom is -0.370 e. The minimum atomic E-state index is -0.234. The molecule has 1 amide bonds. The summed E-state index contributed by atoms with van der Waals surface area (Å²) >= 11 is 1.68. The van der Waals surface area contributed by atoms with Crippen LogP contribution in [-0.2, 0) is 4.79 Å². The van der Waals surface area contributed by atoms with Crippen LogP contribution in [0.2, 0.25) is 0 Å². The van der Waals surface area contributed by atoms with E-state index in [0.29, 0.717) is 6.42 Å². The number of amides is 1. The Bertz CT molecular complexity index is 316. The summed E-state index contributed by atoms with van der Waals surface area (Å²) in [6.45, 7) is 4.15. The first-order chi connectivity index (χ1) is 6.58. The Morgan fingerprint density at radius 3 is 2.36 bits per heavy atom. The molecule has 0 aromatic heterocycles. The molecule has 0 aliphatic rings. The van der Waals surface area contributed by atoms with E-state index in [9.17, 15) is 4.79 Å². The zero-order chi connectivity index (χ0) is 10.6. The molecule has 0 unspecified atom stereocenters. The SMILES string of the molecule is Cc1cc(C)cc(SCCC(N)=O)c1. The van der Waals surface area contributed by atoms with E-state index in [1.807, 2.05) is 0 Å². The van der Waals surface area contributed by atoms with Crippen LogP contribution in [0, 0.1) is 13.8 Å². The largest absolute Gasteiger partial charge is 0.370 e. The van der Waals surface area contributed by atoms with Crippen molar-refractivity contribution in [3.05, 3.63) is 29.3 Å². The molecular weight excluding hydrogens is 194 g/mol. The van der Waals surface area contributed by atoms with Gasteiger partial charge >= 0.3 is 0 Å². The van der Waals surface area contributed by atoms with Gasteiger partial charge in [0.15, 0.2) is 0 Å². The Morgan fingerprint density at radius 2 is 1.86 bits per heavy atom. The van der Waals surface area contributed by atoms with Crippen molar-refractivity contribution in [1.29, 1.82) is 0 Å². The number of aryl methyl sites for hydroxylation is 2. The van der Waals surface area contributed by atoms with Crippen molar-refractivity contribution in [2.24, 2.45) is 5.73 Å². The second-order valence-corrected chi connectivity index (χ2v) is 4.56. The predicted octanol–water partition coefficient (Wildman–Crippen LogP) is 2.27. The molecule has 76 valence electrons. The third-order valence-corrected chi connectivity index (χ3v) is 2.79. The third-order valence-electron chi connectivity index (χ3n) is 1.81. The maximum absolute atomic E-state index is 10.5. The molecule has 0 atom stereocenters. The van der Waals surface area contributed by atoms with Crippen LogP contribution >= 0.6 is 11.8 Å². The van der Waals surface area contributed by atoms with Gasteiger partial charge in [-0.15, -0.1) is 11.8 Å². The smallest absolute Gasteiger partial charge is 0.218 e. The lowest BCUT2D eigenvalue weighted by Crippen LogP contribution is -2.10. The fourth-order valence-electron chi connectivity index (χ4n) is 1.29. The average molecular weight is 209 g/mol. The quantitative estimate of drug-likeness (QED) is 0.773. The van der Waals surface area contributed by atoms with Gasteiger partial charge in [0.2, 0.25) is 5.91 Å². The van der Waals surface area contributed by atoms with Crippen molar-refractivity contribution in [2.45, 2.75) is 25.2 Å². The number of thioether (sulfide) groups is 1. The Labute approximate surface area is 88.9 Å². The number of rotatable bonds is 4. The maximum Gasteiger partial charge on any atom is 0.218 e. The van der Waals surface area contributed by atoms with E-state index >= 15 is 0 Å². The van der Waals surface area contributed by atoms with Gasteiger partial charge in [-0.25, -0.2) is 0 Å². The molecule has 0 spiro atoms. The van der Waals surface area contributed by atoms with Gasteiger partial charge < -0.3 is 5.73 Å². The summed E-state index contributed by atoms with van der Waals surface area (Å²) in [5, 5.41) is 0. The highest BCUT2D eigenvalue weighted by atomic mass is 32.2. The molecule has 0 saturated carbocycles. The molecule has 0 bridgehead atoms. The van der Waals surface area contributed by atoms with Crippen molar-refractivity contribution < 1.29 is 4.79 Å². The first kappa shape index (κ1) is 11.1. The molecule has 2 N–H and O–H groups in total. The number of primary amides is 1. The summed E-state index contributed by atoms with van der Waals surface area (Å²) in [5.74, 6) is 0.528. The number of benzene rings is 1. The highest BCUT2D eigenvalue weighted by Crippen LogP contribution is 2.21. The van der Waals surface area contributed by atoms with Gasteiger partial charge in [0.05, 0.1) is 0 Å². The molecule has 14 heavy (non-hydrogen) atoms. The summed E-state index contributed by atoms with van der Waals surface area (Å²) in [4.78, 5) is 11.7. The van der Waals surface area contributed by atoms with Crippen LogP contribution in [-0.4, -0.2) is 11.7 Å². The van der Waals surface area contributed by atoms with Crippen molar-refractivity contribution in [3.8, 4) is 0 Å². The number of carbonyl (C=O) groups is 1. The van der Waals surface area contributed by atoms with Crippen LogP contribution < -0.4 is 5.73 Å². The highest BCUT2D eigenvalue weighted by Gasteiger charge is 1.98. The van der Waals surface area contributed by atoms with E-state index in [2.05, 4.69) is 32.0 Å². The Balaban J connectivity index is 2.54. The number of nitrogens with two attached hydrogens (primary N) is 1. The molecular formula is C11H15NOS. The lowest BCUT2D eigenvalue weighted by molar-refractivity contribution is -0.117. The van der Waals surface area contributed by atoms with Crippen LogP contribution in [0.1, 0.15) is 17.5 Å². The van der Waals surface area contributed by atoms with Crippen LogP contribution in [0.25, 0.3) is 0 Å². The van der Waals surface area contributed by atoms with Crippen molar-refractivity contribution in [3.63, 3.8) is 0 Å². The molecule has 0 fully saturated rings. The van der Waals surface area contributed by atoms with Crippen LogP contribution in [0.4, 0.5) is 0 Å². The van der Waals surface area contributed by atoms with Gasteiger partial charge in [0.25, 0.3) is 0 Å². The topological polar surface area (TPSA) is 43.1 Å². The lowest BCUT2D eigenvalue weighted by Gasteiger charge is -2.03. The molecule has 1 rings (SSSR count). The maximum atomic E-state index is 10.5. The van der Waals surface area contributed by atoms with E-state index in [0.717, 1.165) is 5.75 Å². The van der Waals surface area contributed by atoms with E-state index in [1.165, 1.54) is 16.0 Å². The fourth-order valence-corrected chi connectivity index (χ4v) is 2.36. The van der Waals surface area contributed by atoms with Crippen molar-refractivity contribution >= 4 is 17.7 Å². The molecule has 0 aliphatic heterocycles. The highest BCUT2D eigenvalue weighted by molar-refractivity contribution is 7.99. The molecule has 0 radical (unpaired) electrons. The van der Waals surface area contributed by atoms with Crippen LogP contribution in [0.15, 0.2) is 23.1 Å². The normalized spacial score (nSPS) is 10.1. The zero-order valence-corrected chi connectivity index (χ0v) is 9.36. The summed E-state index contributed by atoms with van der Waals surface area (Å²) in [6, 6.07) is 6.38. The molecule has 0 saturated heterocycles. The summed E-state index contributed by atoms with van der Waals surface area (Å²) in [6.07, 6.45) is 0.442. The third kappa shape index (κ3) is 3.83. The first-order valence-electron chi connectivity index (χ1n) is 4.57. The van der Waals surface area contributed by atoms with E-state index in [4.69, 9.17) is 5.73 Å². The second-order valence-electron chi connectivity index (χ2n) is 3.39. The standard InChI is InChI=1S/C11H15NOS/c1-8-5-9(2)7-10(6-8)14-4-3-11(12)13/h5-7H,3-4H2,1-2H3,(H2,12,13). The molecule has 1 aromatic carbocycles. The summed E-state index contributed by atoms with van der Waals surface area (Å²) in [7, 11) is 0. The van der Waals surface area contributed by atoms with E-state index in [-0.39, 0.29) is 5.91 Å². The average Bonchev–Trinajstić information content (AvgIpc) is 2.01. The molecule has 1 aromatic rings. The van der Waals surface area contributed by atoms with Gasteiger partial charge in [-0.1, -0.05) is 6.07 Å². The predicted molar refractivity (Wildman–Crippen MR) is 60.5 cm³/mol. The Kier molecular flexibility index (Phi) is 4.01. The summed E-state index contributed by atoms with van der Waals surface area (Å²) < 4.78 is 0. The van der Waals surface area contributed by atoms with Gasteiger partial charge in [-0.05, 0) is 37.1 Å². The van der Waals surface area contributed by atoms with Gasteiger partial charge in [-0.3, -0.25) is 4.79 Å². The monoisotopic (exact) mass is 209 g/mol. The molecule has 2 nitrogen and oxygen atoms in total. The summed E-state index contributed by atoms with van der Waals surface area (Å²) in [5.41, 5.74) is 7.58. The van der Waals surface area contributed by atoms with Gasteiger partial charge in [0.1, 0.15) is 0 Å². The second kappa shape index (κ2) is 5.05. The van der Waals surface area contributed by atoms with Gasteiger partial charge in [-0.2, -0.15) is 0 Å². The Hall–Kier alpha value is -0.960. The zero-order valence-electron chi connectivity index (χ0n) is 8.54. The van der Waals surface area contributed by atoms with Crippen LogP contribution in [0.3, 0.4) is 0 Å². The molecule has 0 aliphatic carbocycles. The number of hydrogen-bond donors (Lipinski definition) is 1. The van der Waals surface area contributed by atoms with E-state index < -0.39 is 0 Å². The fraction of sp³-hybridized carbons (Fsp3) is 0.364. The first-order valence-corrected chi connectivity index (χ1v) is 5.56. The van der Waals surface area contributed by atoms with E-state index in [1.54, 1.807) is 11.8 Å². The Morgan fingerprint density at radius 1 is 1.29 bits per heavy atom. The van der Waals surface area contributed by atoms with Gasteiger partial charge in [0, 0.05) is 17.1 Å². The molecule has 0 heterocycles. The number of hydrogen-bond acceptors (Lipinski definition) is 2.